The van der Waals surface area contributed by atoms with Crippen molar-refractivity contribution in [1.29, 1.82) is 0 Å². The quantitative estimate of drug-likeness (QED) is 0.782. The molecule has 1 heterocycles. The lowest BCUT2D eigenvalue weighted by atomic mass is 10.0. The van der Waals surface area contributed by atoms with E-state index in [1.807, 2.05) is 0 Å². The summed E-state index contributed by atoms with van der Waals surface area (Å²) in [6.45, 7) is 4.16. The number of hydrogen-bond acceptors (Lipinski definition) is 6. The highest BCUT2D eigenvalue weighted by Gasteiger charge is 2.26. The SMILES string of the molecule is CC[C@H](C)[C@H](NS(=O)(=O)c1ccc2c(c1)OCCO2)C(=O)[O-]. The second-order valence-corrected chi connectivity index (χ2v) is 6.82. The molecule has 1 N–H and O–H groups in total. The molecule has 0 aromatic heterocycles. The van der Waals surface area contributed by atoms with Crippen LogP contribution in [0.1, 0.15) is 20.3 Å². The van der Waals surface area contributed by atoms with Crippen molar-refractivity contribution in [3.8, 4) is 11.5 Å². The average molecular weight is 328 g/mol. The van der Waals surface area contributed by atoms with E-state index in [9.17, 15) is 18.3 Å². The fraction of sp³-hybridized carbons (Fsp3) is 0.500. The molecule has 1 aromatic carbocycles. The van der Waals surface area contributed by atoms with Crippen LogP contribution >= 0.6 is 0 Å². The first-order chi connectivity index (χ1) is 10.3. The molecule has 7 nitrogen and oxygen atoms in total. The third kappa shape index (κ3) is 3.50. The predicted octanol–water partition coefficient (Wildman–Crippen LogP) is -0.0993. The van der Waals surface area contributed by atoms with Crippen molar-refractivity contribution in [1.82, 2.24) is 4.72 Å². The summed E-state index contributed by atoms with van der Waals surface area (Å²) in [6, 6.07) is 2.86. The number of sulfonamides is 1. The molecular formula is C14H18NO6S-. The monoisotopic (exact) mass is 328 g/mol. The normalized spacial score (nSPS) is 16.8. The number of carbonyl (C=O) groups excluding carboxylic acids is 1. The first-order valence-corrected chi connectivity index (χ1v) is 8.46. The van der Waals surface area contributed by atoms with Gasteiger partial charge in [-0.15, -0.1) is 0 Å². The maximum Gasteiger partial charge on any atom is 0.241 e. The number of nitrogens with one attached hydrogen (secondary N) is 1. The van der Waals surface area contributed by atoms with Crippen LogP contribution < -0.4 is 19.3 Å². The molecule has 0 unspecified atom stereocenters. The van der Waals surface area contributed by atoms with Crippen molar-refractivity contribution in [2.75, 3.05) is 13.2 Å². The Labute approximate surface area is 129 Å². The second kappa shape index (κ2) is 6.53. The number of aliphatic carboxylic acids is 1. The van der Waals surface area contributed by atoms with Crippen LogP contribution in [0.15, 0.2) is 23.1 Å². The van der Waals surface area contributed by atoms with Crippen molar-refractivity contribution in [3.63, 3.8) is 0 Å². The summed E-state index contributed by atoms with van der Waals surface area (Å²) in [5, 5.41) is 11.2. The molecule has 0 fully saturated rings. The minimum atomic E-state index is -4.00. The Kier molecular flexibility index (Phi) is 4.92. The van der Waals surface area contributed by atoms with Gasteiger partial charge in [0.1, 0.15) is 13.2 Å². The van der Waals surface area contributed by atoms with Gasteiger partial charge in [-0.3, -0.25) is 0 Å². The van der Waals surface area contributed by atoms with Crippen molar-refractivity contribution >= 4 is 16.0 Å². The zero-order valence-electron chi connectivity index (χ0n) is 12.4. The summed E-state index contributed by atoms with van der Waals surface area (Å²) in [6.07, 6.45) is 0.502. The molecule has 1 aliphatic heterocycles. The lowest BCUT2D eigenvalue weighted by molar-refractivity contribution is -0.309. The van der Waals surface area contributed by atoms with Crippen molar-refractivity contribution < 1.29 is 27.8 Å². The van der Waals surface area contributed by atoms with Crippen LogP contribution in [0, 0.1) is 5.92 Å². The molecule has 1 aromatic rings. The van der Waals surface area contributed by atoms with Gasteiger partial charge in [-0.05, 0) is 18.1 Å². The molecule has 8 heteroatoms. The van der Waals surface area contributed by atoms with E-state index in [4.69, 9.17) is 9.47 Å². The largest absolute Gasteiger partial charge is 0.548 e. The van der Waals surface area contributed by atoms with Crippen LogP contribution in [0.5, 0.6) is 11.5 Å². The van der Waals surface area contributed by atoms with Gasteiger partial charge in [0.05, 0.1) is 16.9 Å². The first-order valence-electron chi connectivity index (χ1n) is 6.98. The summed E-state index contributed by atoms with van der Waals surface area (Å²) in [5.41, 5.74) is 0. The van der Waals surface area contributed by atoms with Gasteiger partial charge in [0, 0.05) is 6.07 Å². The maximum absolute atomic E-state index is 12.4. The molecule has 2 atom stereocenters. The third-order valence-corrected chi connectivity index (χ3v) is 5.01. The highest BCUT2D eigenvalue weighted by Crippen LogP contribution is 2.32. The Hall–Kier alpha value is -1.80. The molecule has 122 valence electrons. The number of benzene rings is 1. The van der Waals surface area contributed by atoms with E-state index in [2.05, 4.69) is 4.72 Å². The smallest absolute Gasteiger partial charge is 0.241 e. The molecular weight excluding hydrogens is 310 g/mol. The predicted molar refractivity (Wildman–Crippen MR) is 76.0 cm³/mol. The van der Waals surface area contributed by atoms with Gasteiger partial charge in [0.15, 0.2) is 11.5 Å². The number of hydrogen-bond donors (Lipinski definition) is 1. The van der Waals surface area contributed by atoms with Gasteiger partial charge in [-0.1, -0.05) is 20.3 Å². The number of fused-ring (bicyclic) bond motifs is 1. The lowest BCUT2D eigenvalue weighted by Gasteiger charge is -2.25. The van der Waals surface area contributed by atoms with Gasteiger partial charge < -0.3 is 19.4 Å². The molecule has 0 spiro atoms. The maximum atomic E-state index is 12.4. The fourth-order valence-corrected chi connectivity index (χ4v) is 3.37. The van der Waals surface area contributed by atoms with Crippen molar-refractivity contribution in [2.24, 2.45) is 5.92 Å². The number of carboxylic acid groups (broad SMARTS) is 1. The third-order valence-electron chi connectivity index (χ3n) is 3.57. The summed E-state index contributed by atoms with van der Waals surface area (Å²) in [5.74, 6) is -1.06. The number of carboxylic acids is 1. The van der Waals surface area contributed by atoms with Gasteiger partial charge in [-0.2, -0.15) is 0 Å². The molecule has 2 rings (SSSR count). The van der Waals surface area contributed by atoms with Crippen LogP contribution in [-0.4, -0.2) is 33.6 Å². The summed E-state index contributed by atoms with van der Waals surface area (Å²) in [7, 11) is -4.00. The van der Waals surface area contributed by atoms with Crippen LogP contribution in [0.3, 0.4) is 0 Å². The van der Waals surface area contributed by atoms with Gasteiger partial charge in [0.2, 0.25) is 10.0 Å². The zero-order chi connectivity index (χ0) is 16.3. The van der Waals surface area contributed by atoms with Crippen LogP contribution in [0.4, 0.5) is 0 Å². The van der Waals surface area contributed by atoms with Crippen molar-refractivity contribution in [3.05, 3.63) is 18.2 Å². The standard InChI is InChI=1S/C14H19NO6S/c1-3-9(2)13(14(16)17)15-22(18,19)10-4-5-11-12(8-10)21-7-6-20-11/h4-5,8-9,13,15H,3,6-7H2,1-2H3,(H,16,17)/p-1/t9-,13-/m0/s1. The van der Waals surface area contributed by atoms with E-state index in [1.165, 1.54) is 18.2 Å². The Morgan fingerprint density at radius 3 is 2.55 bits per heavy atom. The summed E-state index contributed by atoms with van der Waals surface area (Å²) < 4.78 is 37.5. The van der Waals surface area contributed by atoms with E-state index in [1.54, 1.807) is 13.8 Å². The highest BCUT2D eigenvalue weighted by atomic mass is 32.2. The average Bonchev–Trinajstić information content (AvgIpc) is 2.51. The van der Waals surface area contributed by atoms with Gasteiger partial charge in [-0.25, -0.2) is 13.1 Å². The summed E-state index contributed by atoms with van der Waals surface area (Å²) in [4.78, 5) is 11.1. The molecule has 22 heavy (non-hydrogen) atoms. The summed E-state index contributed by atoms with van der Waals surface area (Å²) >= 11 is 0. The van der Waals surface area contributed by atoms with Gasteiger partial charge >= 0.3 is 0 Å². The lowest BCUT2D eigenvalue weighted by Crippen LogP contribution is -2.51. The van der Waals surface area contributed by atoms with Gasteiger partial charge in [0.25, 0.3) is 0 Å². The van der Waals surface area contributed by atoms with Crippen LogP contribution in [0.2, 0.25) is 0 Å². The molecule has 1 aliphatic rings. The van der Waals surface area contributed by atoms with Crippen LogP contribution in [0.25, 0.3) is 0 Å². The minimum absolute atomic E-state index is 0.0775. The Morgan fingerprint density at radius 1 is 1.32 bits per heavy atom. The Bertz CT molecular complexity index is 657. The Morgan fingerprint density at radius 2 is 1.95 bits per heavy atom. The van der Waals surface area contributed by atoms with E-state index in [-0.39, 0.29) is 4.90 Å². The first kappa shape index (κ1) is 16.6. The topological polar surface area (TPSA) is 105 Å². The zero-order valence-corrected chi connectivity index (χ0v) is 13.2. The second-order valence-electron chi connectivity index (χ2n) is 5.11. The van der Waals surface area contributed by atoms with E-state index < -0.39 is 28.0 Å². The van der Waals surface area contributed by atoms with Crippen molar-refractivity contribution in [2.45, 2.75) is 31.2 Å². The van der Waals surface area contributed by atoms with Crippen LogP contribution in [-0.2, 0) is 14.8 Å². The number of ether oxygens (including phenoxy) is 2. The van der Waals surface area contributed by atoms with E-state index in [0.717, 1.165) is 0 Å². The van der Waals surface area contributed by atoms with E-state index in [0.29, 0.717) is 31.1 Å². The fourth-order valence-electron chi connectivity index (χ4n) is 2.06. The molecule has 0 saturated carbocycles. The Balaban J connectivity index is 2.28. The molecule has 0 aliphatic carbocycles. The molecule has 0 saturated heterocycles. The minimum Gasteiger partial charge on any atom is -0.548 e. The molecule has 0 amide bonds. The number of rotatable bonds is 6. The van der Waals surface area contributed by atoms with E-state index >= 15 is 0 Å². The molecule has 0 radical (unpaired) electrons. The highest BCUT2D eigenvalue weighted by molar-refractivity contribution is 7.89. The number of carbonyl (C=O) groups is 1. The molecule has 0 bridgehead atoms.